The highest BCUT2D eigenvalue weighted by Crippen LogP contribution is 2.32. The summed E-state index contributed by atoms with van der Waals surface area (Å²) in [6.07, 6.45) is -3.23. The van der Waals surface area contributed by atoms with Gasteiger partial charge >= 0.3 is 0 Å². The predicted octanol–water partition coefficient (Wildman–Crippen LogP) is 4.17. The third kappa shape index (κ3) is 9.73. The second-order valence-electron chi connectivity index (χ2n) is 10.6. The number of hydrogen-bond donors (Lipinski definition) is 3. The lowest BCUT2D eigenvalue weighted by molar-refractivity contribution is -0.272. The standard InChI is InChI=1S/C34H43NO7/c1-25(36)35-20-12-5-13-21-39-31-29(37)30(38)32(40-22-26-14-6-2-7-15-26)34(42-24-28-18-10-4-11-19-28)33(31)41-23-27-16-8-3-9-17-27/h2-4,6-11,14-19,29-34,37-38H,5,12-13,20-24H2,1H3,(H,35,36)/t29-,30+,31-,32-,33+,34+/m0/s1. The lowest BCUT2D eigenvalue weighted by Gasteiger charge is -2.47. The normalized spacial score (nSPS) is 23.9. The number of aliphatic hydroxyl groups excluding tert-OH is 2. The van der Waals surface area contributed by atoms with Crippen molar-refractivity contribution in [2.45, 2.75) is 82.6 Å². The highest BCUT2D eigenvalue weighted by molar-refractivity contribution is 5.72. The Balaban J connectivity index is 1.52. The number of hydrogen-bond acceptors (Lipinski definition) is 7. The number of carbonyl (C=O) groups excluding carboxylic acids is 1. The molecule has 8 heteroatoms. The van der Waals surface area contributed by atoms with Gasteiger partial charge in [-0.2, -0.15) is 0 Å². The molecule has 3 N–H and O–H groups in total. The van der Waals surface area contributed by atoms with E-state index in [-0.39, 0.29) is 25.7 Å². The Kier molecular flexibility index (Phi) is 13.0. The molecule has 8 nitrogen and oxygen atoms in total. The number of rotatable bonds is 16. The molecule has 4 rings (SSSR count). The van der Waals surface area contributed by atoms with E-state index >= 15 is 0 Å². The summed E-state index contributed by atoms with van der Waals surface area (Å²) in [4.78, 5) is 11.1. The number of ether oxygens (including phenoxy) is 4. The van der Waals surface area contributed by atoms with Crippen LogP contribution in [0.25, 0.3) is 0 Å². The molecule has 1 fully saturated rings. The molecule has 42 heavy (non-hydrogen) atoms. The van der Waals surface area contributed by atoms with Crippen molar-refractivity contribution < 1.29 is 34.0 Å². The van der Waals surface area contributed by atoms with Crippen LogP contribution in [0.2, 0.25) is 0 Å². The molecule has 3 aromatic carbocycles. The summed E-state index contributed by atoms with van der Waals surface area (Å²) in [5.41, 5.74) is 2.89. The first kappa shape index (κ1) is 31.8. The predicted molar refractivity (Wildman–Crippen MR) is 159 cm³/mol. The summed E-state index contributed by atoms with van der Waals surface area (Å²) >= 11 is 0. The summed E-state index contributed by atoms with van der Waals surface area (Å²) in [5.74, 6) is -0.0467. The third-order valence-electron chi connectivity index (χ3n) is 7.36. The molecule has 1 aliphatic carbocycles. The van der Waals surface area contributed by atoms with Crippen LogP contribution in [0.15, 0.2) is 91.0 Å². The van der Waals surface area contributed by atoms with Gasteiger partial charge in [0.1, 0.15) is 36.6 Å². The van der Waals surface area contributed by atoms with E-state index < -0.39 is 36.6 Å². The Morgan fingerprint density at radius 3 is 1.43 bits per heavy atom. The molecule has 0 radical (unpaired) electrons. The van der Waals surface area contributed by atoms with Gasteiger partial charge < -0.3 is 34.5 Å². The molecule has 0 spiro atoms. The smallest absolute Gasteiger partial charge is 0.216 e. The zero-order valence-electron chi connectivity index (χ0n) is 24.2. The number of aliphatic hydroxyl groups is 2. The van der Waals surface area contributed by atoms with Crippen LogP contribution >= 0.6 is 0 Å². The zero-order chi connectivity index (χ0) is 29.6. The Morgan fingerprint density at radius 1 is 0.595 bits per heavy atom. The van der Waals surface area contributed by atoms with E-state index in [1.54, 1.807) is 0 Å². The van der Waals surface area contributed by atoms with Gasteiger partial charge in [-0.15, -0.1) is 0 Å². The van der Waals surface area contributed by atoms with Crippen LogP contribution in [-0.2, 0) is 43.6 Å². The molecule has 0 aromatic heterocycles. The number of amides is 1. The van der Waals surface area contributed by atoms with Crippen LogP contribution in [0.3, 0.4) is 0 Å². The Morgan fingerprint density at radius 2 is 1.00 bits per heavy atom. The lowest BCUT2D eigenvalue weighted by Crippen LogP contribution is -2.66. The van der Waals surface area contributed by atoms with E-state index in [2.05, 4.69) is 5.32 Å². The minimum atomic E-state index is -1.25. The van der Waals surface area contributed by atoms with Crippen molar-refractivity contribution in [1.29, 1.82) is 0 Å². The Hall–Kier alpha value is -3.11. The fourth-order valence-corrected chi connectivity index (χ4v) is 5.11. The van der Waals surface area contributed by atoms with E-state index in [1.807, 2.05) is 91.0 Å². The molecule has 3 aromatic rings. The molecule has 6 atom stereocenters. The van der Waals surface area contributed by atoms with Crippen molar-refractivity contribution in [1.82, 2.24) is 5.32 Å². The first-order valence-electron chi connectivity index (χ1n) is 14.7. The second-order valence-corrected chi connectivity index (χ2v) is 10.6. The fraction of sp³-hybridized carbons (Fsp3) is 0.441. The van der Waals surface area contributed by atoms with E-state index in [1.165, 1.54) is 6.92 Å². The quantitative estimate of drug-likeness (QED) is 0.220. The Bertz CT molecular complexity index is 1160. The van der Waals surface area contributed by atoms with Crippen LogP contribution < -0.4 is 5.32 Å². The maximum Gasteiger partial charge on any atom is 0.216 e. The number of nitrogens with one attached hydrogen (secondary N) is 1. The lowest BCUT2D eigenvalue weighted by atomic mass is 9.84. The van der Waals surface area contributed by atoms with Crippen molar-refractivity contribution in [3.05, 3.63) is 108 Å². The van der Waals surface area contributed by atoms with Gasteiger partial charge in [0.2, 0.25) is 5.91 Å². The van der Waals surface area contributed by atoms with E-state index in [0.717, 1.165) is 36.0 Å². The van der Waals surface area contributed by atoms with Crippen LogP contribution in [0.4, 0.5) is 0 Å². The van der Waals surface area contributed by atoms with Crippen LogP contribution in [-0.4, -0.2) is 65.9 Å². The highest BCUT2D eigenvalue weighted by Gasteiger charge is 2.52. The van der Waals surface area contributed by atoms with Crippen molar-refractivity contribution >= 4 is 5.91 Å². The summed E-state index contributed by atoms with van der Waals surface area (Å²) in [6.45, 7) is 3.27. The molecule has 0 saturated heterocycles. The monoisotopic (exact) mass is 577 g/mol. The first-order chi connectivity index (χ1) is 20.5. The largest absolute Gasteiger partial charge is 0.387 e. The van der Waals surface area contributed by atoms with Gasteiger partial charge in [0, 0.05) is 20.1 Å². The van der Waals surface area contributed by atoms with Crippen LogP contribution in [0.5, 0.6) is 0 Å². The van der Waals surface area contributed by atoms with Crippen LogP contribution in [0, 0.1) is 0 Å². The highest BCUT2D eigenvalue weighted by atomic mass is 16.6. The maximum atomic E-state index is 11.4. The summed E-state index contributed by atoms with van der Waals surface area (Å²) < 4.78 is 25.4. The molecule has 0 heterocycles. The van der Waals surface area contributed by atoms with E-state index in [9.17, 15) is 15.0 Å². The minimum Gasteiger partial charge on any atom is -0.387 e. The van der Waals surface area contributed by atoms with E-state index in [4.69, 9.17) is 18.9 Å². The van der Waals surface area contributed by atoms with Gasteiger partial charge in [0.15, 0.2) is 0 Å². The van der Waals surface area contributed by atoms with Gasteiger partial charge in [-0.1, -0.05) is 91.0 Å². The van der Waals surface area contributed by atoms with Crippen molar-refractivity contribution in [2.24, 2.45) is 0 Å². The summed E-state index contributed by atoms with van der Waals surface area (Å²) in [7, 11) is 0. The molecule has 1 aliphatic rings. The topological polar surface area (TPSA) is 106 Å². The number of unbranched alkanes of at least 4 members (excludes halogenated alkanes) is 2. The fourth-order valence-electron chi connectivity index (χ4n) is 5.11. The molecule has 0 unspecified atom stereocenters. The second kappa shape index (κ2) is 17.1. The average Bonchev–Trinajstić information content (AvgIpc) is 3.02. The zero-order valence-corrected chi connectivity index (χ0v) is 24.2. The number of carbonyl (C=O) groups is 1. The summed E-state index contributed by atoms with van der Waals surface area (Å²) in [5, 5.41) is 25.5. The van der Waals surface area contributed by atoms with Crippen LogP contribution in [0.1, 0.15) is 42.9 Å². The van der Waals surface area contributed by atoms with Crippen molar-refractivity contribution in [3.63, 3.8) is 0 Å². The first-order valence-corrected chi connectivity index (χ1v) is 14.7. The molecule has 0 aliphatic heterocycles. The molecular weight excluding hydrogens is 534 g/mol. The molecule has 226 valence electrons. The summed E-state index contributed by atoms with van der Waals surface area (Å²) in [6, 6.07) is 29.3. The molecule has 1 saturated carbocycles. The van der Waals surface area contributed by atoms with Gasteiger partial charge in [0.25, 0.3) is 0 Å². The van der Waals surface area contributed by atoms with Gasteiger partial charge in [-0.05, 0) is 36.0 Å². The van der Waals surface area contributed by atoms with Gasteiger partial charge in [-0.25, -0.2) is 0 Å². The maximum absolute atomic E-state index is 11.4. The average molecular weight is 578 g/mol. The van der Waals surface area contributed by atoms with E-state index in [0.29, 0.717) is 13.2 Å². The van der Waals surface area contributed by atoms with Crippen molar-refractivity contribution in [3.8, 4) is 0 Å². The Labute approximate surface area is 248 Å². The van der Waals surface area contributed by atoms with Gasteiger partial charge in [0.05, 0.1) is 19.8 Å². The van der Waals surface area contributed by atoms with Crippen molar-refractivity contribution in [2.75, 3.05) is 13.2 Å². The SMILES string of the molecule is CC(=O)NCCCCCO[C@H]1[C@@H](O)[C@@H](O)[C@H](OCc2ccccc2)[C@@H](OCc2ccccc2)[C@@H]1OCc1ccccc1. The minimum absolute atomic E-state index is 0.0467. The third-order valence-corrected chi connectivity index (χ3v) is 7.36. The number of benzene rings is 3. The molecule has 1 amide bonds. The molecular formula is C34H43NO7. The molecule has 0 bridgehead atoms. The van der Waals surface area contributed by atoms with Gasteiger partial charge in [-0.3, -0.25) is 4.79 Å².